The summed E-state index contributed by atoms with van der Waals surface area (Å²) in [5.74, 6) is 1.13. The smallest absolute Gasteiger partial charge is 0.197 e. The minimum Gasteiger partial charge on any atom is -0.461 e. The zero-order chi connectivity index (χ0) is 8.39. The highest BCUT2D eigenvalue weighted by Gasteiger charge is 2.02. The van der Waals surface area contributed by atoms with Gasteiger partial charge in [-0.15, -0.1) is 0 Å². The summed E-state index contributed by atoms with van der Waals surface area (Å²) >= 11 is 5.67. The Morgan fingerprint density at radius 3 is 2.92 bits per heavy atom. The Hall–Kier alpha value is -1.35. The first-order chi connectivity index (χ1) is 5.86. The summed E-state index contributed by atoms with van der Waals surface area (Å²) in [5, 5.41) is 0.413. The Bertz CT molecular complexity index is 372. The fourth-order valence-electron chi connectivity index (χ4n) is 0.861. The molecule has 12 heavy (non-hydrogen) atoms. The maximum absolute atomic E-state index is 5.67. The van der Waals surface area contributed by atoms with E-state index in [4.69, 9.17) is 16.0 Å². The third-order valence-corrected chi connectivity index (χ3v) is 1.57. The predicted molar refractivity (Wildman–Crippen MR) is 44.7 cm³/mol. The molecule has 0 aromatic carbocycles. The maximum atomic E-state index is 5.67. The number of aromatic nitrogens is 2. The number of hydrogen-bond acceptors (Lipinski definition) is 3. The molecule has 0 unspecified atom stereocenters. The molecule has 0 amide bonds. The van der Waals surface area contributed by atoms with Crippen LogP contribution in [0.15, 0.2) is 35.1 Å². The molecule has 0 N–H and O–H groups in total. The van der Waals surface area contributed by atoms with Crippen LogP contribution in [0.25, 0.3) is 11.6 Å². The number of halogens is 1. The van der Waals surface area contributed by atoms with Crippen LogP contribution in [-0.2, 0) is 0 Å². The van der Waals surface area contributed by atoms with Gasteiger partial charge in [0.2, 0.25) is 0 Å². The second kappa shape index (κ2) is 2.95. The van der Waals surface area contributed by atoms with Crippen LogP contribution in [0.5, 0.6) is 0 Å². The van der Waals surface area contributed by atoms with Gasteiger partial charge < -0.3 is 4.42 Å². The van der Waals surface area contributed by atoms with Crippen molar-refractivity contribution in [2.75, 3.05) is 0 Å². The fraction of sp³-hybridized carbons (Fsp3) is 0. The average molecular weight is 181 g/mol. The quantitative estimate of drug-likeness (QED) is 0.633. The molecule has 0 spiro atoms. The average Bonchev–Trinajstić information content (AvgIpc) is 2.56. The Kier molecular flexibility index (Phi) is 1.80. The third-order valence-electron chi connectivity index (χ3n) is 1.36. The molecule has 0 aliphatic rings. The molecule has 0 radical (unpaired) electrons. The summed E-state index contributed by atoms with van der Waals surface area (Å²) in [4.78, 5) is 7.97. The Morgan fingerprint density at radius 2 is 2.25 bits per heavy atom. The van der Waals surface area contributed by atoms with Gasteiger partial charge in [0.25, 0.3) is 0 Å². The molecule has 2 aromatic rings. The molecule has 0 saturated heterocycles. The molecule has 2 aromatic heterocycles. The van der Waals surface area contributed by atoms with Crippen molar-refractivity contribution in [2.45, 2.75) is 0 Å². The molecule has 0 bridgehead atoms. The maximum Gasteiger partial charge on any atom is 0.197 e. The van der Waals surface area contributed by atoms with E-state index in [2.05, 4.69) is 9.97 Å². The highest BCUT2D eigenvalue weighted by molar-refractivity contribution is 6.29. The number of rotatable bonds is 1. The van der Waals surface area contributed by atoms with Gasteiger partial charge >= 0.3 is 0 Å². The summed E-state index contributed by atoms with van der Waals surface area (Å²) < 4.78 is 5.09. The molecular formula is C8H5ClN2O. The van der Waals surface area contributed by atoms with Crippen molar-refractivity contribution < 1.29 is 4.42 Å². The molecular weight excluding hydrogens is 176 g/mol. The van der Waals surface area contributed by atoms with Gasteiger partial charge in [0.1, 0.15) is 5.15 Å². The molecule has 4 heteroatoms. The third kappa shape index (κ3) is 1.31. The van der Waals surface area contributed by atoms with Crippen LogP contribution < -0.4 is 0 Å². The molecule has 0 aliphatic heterocycles. The number of hydrogen-bond donors (Lipinski definition) is 0. The van der Waals surface area contributed by atoms with E-state index in [-0.39, 0.29) is 0 Å². The van der Waals surface area contributed by atoms with Crippen LogP contribution in [0.4, 0.5) is 0 Å². The standard InChI is InChI=1S/C8H5ClN2O/c9-7-3-4-10-8(11-7)6-2-1-5-12-6/h1-5H. The van der Waals surface area contributed by atoms with Crippen LogP contribution in [-0.4, -0.2) is 9.97 Å². The second-order valence-corrected chi connectivity index (χ2v) is 2.57. The van der Waals surface area contributed by atoms with Gasteiger partial charge in [-0.2, -0.15) is 0 Å². The fourth-order valence-corrected chi connectivity index (χ4v) is 0.998. The van der Waals surface area contributed by atoms with Crippen molar-refractivity contribution in [1.82, 2.24) is 9.97 Å². The zero-order valence-electron chi connectivity index (χ0n) is 6.07. The van der Waals surface area contributed by atoms with Gasteiger partial charge in [-0.05, 0) is 18.2 Å². The first-order valence-electron chi connectivity index (χ1n) is 3.39. The minimum absolute atomic E-state index is 0.413. The van der Waals surface area contributed by atoms with E-state index in [1.54, 1.807) is 30.7 Å². The van der Waals surface area contributed by atoms with Crippen molar-refractivity contribution in [1.29, 1.82) is 0 Å². The molecule has 0 fully saturated rings. The van der Waals surface area contributed by atoms with Crippen molar-refractivity contribution in [3.63, 3.8) is 0 Å². The Morgan fingerprint density at radius 1 is 1.33 bits per heavy atom. The van der Waals surface area contributed by atoms with Crippen LogP contribution in [0, 0.1) is 0 Å². The highest BCUT2D eigenvalue weighted by atomic mass is 35.5. The van der Waals surface area contributed by atoms with Crippen molar-refractivity contribution in [3.05, 3.63) is 35.8 Å². The Labute approximate surface area is 74.0 Å². The lowest BCUT2D eigenvalue weighted by Crippen LogP contribution is -1.85. The molecule has 0 atom stereocenters. The van der Waals surface area contributed by atoms with Crippen LogP contribution in [0.2, 0.25) is 5.15 Å². The van der Waals surface area contributed by atoms with Crippen LogP contribution >= 0.6 is 11.6 Å². The lowest BCUT2D eigenvalue weighted by Gasteiger charge is -1.93. The van der Waals surface area contributed by atoms with Crippen LogP contribution in [0.1, 0.15) is 0 Å². The van der Waals surface area contributed by atoms with Gasteiger partial charge in [-0.1, -0.05) is 11.6 Å². The molecule has 2 heterocycles. The van der Waals surface area contributed by atoms with E-state index in [9.17, 15) is 0 Å². The number of furan rings is 1. The van der Waals surface area contributed by atoms with Crippen molar-refractivity contribution in [3.8, 4) is 11.6 Å². The topological polar surface area (TPSA) is 38.9 Å². The lowest BCUT2D eigenvalue weighted by atomic mass is 10.4. The summed E-state index contributed by atoms with van der Waals surface area (Å²) in [6.45, 7) is 0. The summed E-state index contributed by atoms with van der Waals surface area (Å²) in [5.41, 5.74) is 0. The summed E-state index contributed by atoms with van der Waals surface area (Å²) in [6, 6.07) is 5.18. The number of nitrogens with zero attached hydrogens (tertiary/aromatic N) is 2. The van der Waals surface area contributed by atoms with E-state index in [0.717, 1.165) is 0 Å². The van der Waals surface area contributed by atoms with E-state index in [0.29, 0.717) is 16.7 Å². The monoisotopic (exact) mass is 180 g/mol. The van der Waals surface area contributed by atoms with Crippen molar-refractivity contribution >= 4 is 11.6 Å². The van der Waals surface area contributed by atoms with Gasteiger partial charge in [0, 0.05) is 6.20 Å². The largest absolute Gasteiger partial charge is 0.461 e. The zero-order valence-corrected chi connectivity index (χ0v) is 6.82. The van der Waals surface area contributed by atoms with Crippen LogP contribution in [0.3, 0.4) is 0 Å². The van der Waals surface area contributed by atoms with Gasteiger partial charge in [-0.25, -0.2) is 9.97 Å². The van der Waals surface area contributed by atoms with E-state index < -0.39 is 0 Å². The van der Waals surface area contributed by atoms with Gasteiger partial charge in [0.15, 0.2) is 11.6 Å². The molecule has 2 rings (SSSR count). The van der Waals surface area contributed by atoms with E-state index >= 15 is 0 Å². The first kappa shape index (κ1) is 7.31. The van der Waals surface area contributed by atoms with Gasteiger partial charge in [0.05, 0.1) is 6.26 Å². The highest BCUT2D eigenvalue weighted by Crippen LogP contribution is 2.15. The lowest BCUT2D eigenvalue weighted by molar-refractivity contribution is 0.577. The molecule has 0 aliphatic carbocycles. The predicted octanol–water partition coefficient (Wildman–Crippen LogP) is 2.39. The van der Waals surface area contributed by atoms with Crippen molar-refractivity contribution in [2.24, 2.45) is 0 Å². The Balaban J connectivity index is 2.48. The second-order valence-electron chi connectivity index (χ2n) is 2.18. The normalized spacial score (nSPS) is 10.1. The van der Waals surface area contributed by atoms with E-state index in [1.807, 2.05) is 0 Å². The molecule has 60 valence electrons. The first-order valence-corrected chi connectivity index (χ1v) is 3.76. The SMILES string of the molecule is Clc1ccnc(-c2ccco2)n1. The van der Waals surface area contributed by atoms with E-state index in [1.165, 1.54) is 0 Å². The summed E-state index contributed by atoms with van der Waals surface area (Å²) in [7, 11) is 0. The minimum atomic E-state index is 0.413. The molecule has 3 nitrogen and oxygen atoms in total. The summed E-state index contributed by atoms with van der Waals surface area (Å²) in [6.07, 6.45) is 3.16. The van der Waals surface area contributed by atoms with Gasteiger partial charge in [-0.3, -0.25) is 0 Å². The molecule has 0 saturated carbocycles.